The maximum atomic E-state index is 12.2. The maximum absolute atomic E-state index is 12.2. The number of thiophene rings is 1. The van der Waals surface area contributed by atoms with E-state index in [2.05, 4.69) is 5.32 Å². The maximum Gasteiger partial charge on any atom is 0.410 e. The Morgan fingerprint density at radius 3 is 2.70 bits per heavy atom. The molecular formula is C20H22N2O4S. The highest BCUT2D eigenvalue weighted by atomic mass is 32.1. The van der Waals surface area contributed by atoms with Crippen LogP contribution in [0.25, 0.3) is 0 Å². The molecule has 0 radical (unpaired) electrons. The van der Waals surface area contributed by atoms with Crippen LogP contribution in [0.1, 0.15) is 34.1 Å². The number of amides is 2. The number of ketones is 1. The summed E-state index contributed by atoms with van der Waals surface area (Å²) in [5, 5.41) is 4.79. The summed E-state index contributed by atoms with van der Waals surface area (Å²) in [4.78, 5) is 38.0. The van der Waals surface area contributed by atoms with Gasteiger partial charge in [0.25, 0.3) is 0 Å². The van der Waals surface area contributed by atoms with Crippen LogP contribution in [0, 0.1) is 0 Å². The molecule has 7 heteroatoms. The fraction of sp³-hybridized carbons (Fsp3) is 0.350. The summed E-state index contributed by atoms with van der Waals surface area (Å²) in [6.45, 7) is 2.76. The van der Waals surface area contributed by atoms with E-state index in [4.69, 9.17) is 4.74 Å². The summed E-state index contributed by atoms with van der Waals surface area (Å²) in [6.07, 6.45) is 0.576. The van der Waals surface area contributed by atoms with E-state index >= 15 is 0 Å². The van der Waals surface area contributed by atoms with Crippen molar-refractivity contribution in [2.24, 2.45) is 0 Å². The van der Waals surface area contributed by atoms with E-state index in [1.54, 1.807) is 11.0 Å². The number of carbonyl (C=O) groups excluding carboxylic acids is 3. The first kappa shape index (κ1) is 19.1. The molecule has 0 aliphatic carbocycles. The fourth-order valence-electron chi connectivity index (χ4n) is 2.97. The van der Waals surface area contributed by atoms with Crippen molar-refractivity contribution in [1.82, 2.24) is 10.2 Å². The predicted molar refractivity (Wildman–Crippen MR) is 103 cm³/mol. The molecular weight excluding hydrogens is 364 g/mol. The highest BCUT2D eigenvalue weighted by Gasteiger charge is 2.28. The van der Waals surface area contributed by atoms with Gasteiger partial charge < -0.3 is 15.0 Å². The number of nitrogens with one attached hydrogen (secondary N) is 1. The van der Waals surface area contributed by atoms with Crippen LogP contribution in [0.4, 0.5) is 4.79 Å². The number of ether oxygens (including phenoxy) is 1. The van der Waals surface area contributed by atoms with Crippen molar-refractivity contribution in [3.8, 4) is 0 Å². The molecule has 1 aliphatic rings. The van der Waals surface area contributed by atoms with Gasteiger partial charge in [-0.15, -0.1) is 11.3 Å². The normalized spacial score (nSPS) is 16.2. The zero-order valence-corrected chi connectivity index (χ0v) is 16.0. The Morgan fingerprint density at radius 1 is 1.22 bits per heavy atom. The van der Waals surface area contributed by atoms with Gasteiger partial charge in [-0.1, -0.05) is 30.3 Å². The molecule has 6 nitrogen and oxygen atoms in total. The molecule has 1 aromatic heterocycles. The SMILES string of the molecule is CC(=O)c1cc(CC(=O)N[C@@H]2CCN(C(=O)OCc3ccccc3)C2)cs1. The van der Waals surface area contributed by atoms with E-state index < -0.39 is 0 Å². The van der Waals surface area contributed by atoms with Crippen LogP contribution in [0.15, 0.2) is 41.8 Å². The summed E-state index contributed by atoms with van der Waals surface area (Å²) >= 11 is 1.35. The fourth-order valence-corrected chi connectivity index (χ4v) is 3.79. The smallest absolute Gasteiger partial charge is 0.410 e. The highest BCUT2D eigenvalue weighted by molar-refractivity contribution is 7.12. The Labute approximate surface area is 162 Å². The van der Waals surface area contributed by atoms with Crippen LogP contribution >= 0.6 is 11.3 Å². The molecule has 1 aliphatic heterocycles. The molecule has 2 amide bonds. The van der Waals surface area contributed by atoms with Crippen LogP contribution in [0.3, 0.4) is 0 Å². The van der Waals surface area contributed by atoms with E-state index in [1.165, 1.54) is 18.3 Å². The van der Waals surface area contributed by atoms with E-state index in [9.17, 15) is 14.4 Å². The van der Waals surface area contributed by atoms with Gasteiger partial charge in [0.1, 0.15) is 6.61 Å². The number of likely N-dealkylation sites (tertiary alicyclic amines) is 1. The molecule has 3 rings (SSSR count). The number of rotatable bonds is 6. The first-order valence-electron chi connectivity index (χ1n) is 8.84. The van der Waals surface area contributed by atoms with E-state index in [0.717, 1.165) is 11.1 Å². The highest BCUT2D eigenvalue weighted by Crippen LogP contribution is 2.16. The minimum atomic E-state index is -0.362. The van der Waals surface area contributed by atoms with Crippen LogP contribution in [-0.2, 0) is 22.6 Å². The number of carbonyl (C=O) groups is 3. The number of hydrogen-bond acceptors (Lipinski definition) is 5. The molecule has 1 saturated heterocycles. The van der Waals surface area contributed by atoms with Crippen molar-refractivity contribution in [3.05, 3.63) is 57.8 Å². The number of nitrogens with zero attached hydrogens (tertiary/aromatic N) is 1. The Bertz CT molecular complexity index is 818. The quantitative estimate of drug-likeness (QED) is 0.775. The van der Waals surface area contributed by atoms with Crippen molar-refractivity contribution < 1.29 is 19.1 Å². The zero-order chi connectivity index (χ0) is 19.2. The Balaban J connectivity index is 1.42. The Hall–Kier alpha value is -2.67. The summed E-state index contributed by atoms with van der Waals surface area (Å²) < 4.78 is 5.33. The number of benzene rings is 1. The molecule has 27 heavy (non-hydrogen) atoms. The molecule has 1 N–H and O–H groups in total. The van der Waals surface area contributed by atoms with Crippen LogP contribution in [0.2, 0.25) is 0 Å². The average Bonchev–Trinajstić information content (AvgIpc) is 3.30. The molecule has 2 aromatic rings. The van der Waals surface area contributed by atoms with Crippen molar-refractivity contribution in [2.45, 2.75) is 32.4 Å². The molecule has 0 bridgehead atoms. The van der Waals surface area contributed by atoms with Gasteiger partial charge in [-0.25, -0.2) is 4.79 Å². The minimum absolute atomic E-state index is 0.00658. The third-order valence-corrected chi connectivity index (χ3v) is 5.46. The first-order chi connectivity index (χ1) is 13.0. The van der Waals surface area contributed by atoms with Gasteiger partial charge in [-0.3, -0.25) is 9.59 Å². The lowest BCUT2D eigenvalue weighted by Crippen LogP contribution is -2.39. The summed E-state index contributed by atoms with van der Waals surface area (Å²) in [7, 11) is 0. The zero-order valence-electron chi connectivity index (χ0n) is 15.1. The van der Waals surface area contributed by atoms with Gasteiger partial charge in [0.2, 0.25) is 5.91 Å². The second-order valence-corrected chi connectivity index (χ2v) is 7.50. The van der Waals surface area contributed by atoms with Crippen LogP contribution in [0.5, 0.6) is 0 Å². The molecule has 0 spiro atoms. The van der Waals surface area contributed by atoms with Crippen molar-refractivity contribution >= 4 is 29.1 Å². The van der Waals surface area contributed by atoms with Crippen molar-refractivity contribution in [3.63, 3.8) is 0 Å². The average molecular weight is 386 g/mol. The second kappa shape index (κ2) is 8.81. The monoisotopic (exact) mass is 386 g/mol. The van der Waals surface area contributed by atoms with Gasteiger partial charge in [0, 0.05) is 19.1 Å². The molecule has 142 valence electrons. The third-order valence-electron chi connectivity index (χ3n) is 4.38. The largest absolute Gasteiger partial charge is 0.445 e. The second-order valence-electron chi connectivity index (χ2n) is 6.59. The Kier molecular flexibility index (Phi) is 6.24. The van der Waals surface area contributed by atoms with Gasteiger partial charge in [-0.2, -0.15) is 0 Å². The Morgan fingerprint density at radius 2 is 2.00 bits per heavy atom. The topological polar surface area (TPSA) is 75.7 Å². The lowest BCUT2D eigenvalue weighted by molar-refractivity contribution is -0.121. The first-order valence-corrected chi connectivity index (χ1v) is 9.72. The molecule has 1 atom stereocenters. The summed E-state index contributed by atoms with van der Waals surface area (Å²) in [6, 6.07) is 11.2. The van der Waals surface area contributed by atoms with Crippen LogP contribution < -0.4 is 5.32 Å². The predicted octanol–water partition coefficient (Wildman–Crippen LogP) is 3.02. The standard InChI is InChI=1S/C20H22N2O4S/c1-14(23)18-9-16(13-27-18)10-19(24)21-17-7-8-22(11-17)20(25)26-12-15-5-3-2-4-6-15/h2-6,9,13,17H,7-8,10-12H2,1H3,(H,21,24)/t17-/m1/s1. The van der Waals surface area contributed by atoms with Crippen molar-refractivity contribution in [2.75, 3.05) is 13.1 Å². The van der Waals surface area contributed by atoms with Gasteiger partial charge in [-0.05, 0) is 35.9 Å². The van der Waals surface area contributed by atoms with Crippen molar-refractivity contribution in [1.29, 1.82) is 0 Å². The molecule has 0 saturated carbocycles. The lowest BCUT2D eigenvalue weighted by Gasteiger charge is -2.17. The summed E-state index contributed by atoms with van der Waals surface area (Å²) in [5.74, 6) is -0.0977. The molecule has 1 aromatic carbocycles. The lowest BCUT2D eigenvalue weighted by atomic mass is 10.2. The number of Topliss-reactive ketones (excluding diaryl/α,β-unsaturated/α-hetero) is 1. The minimum Gasteiger partial charge on any atom is -0.445 e. The van der Waals surface area contributed by atoms with Gasteiger partial charge >= 0.3 is 6.09 Å². The third kappa shape index (κ3) is 5.40. The summed E-state index contributed by atoms with van der Waals surface area (Å²) in [5.41, 5.74) is 1.77. The van der Waals surface area contributed by atoms with Gasteiger partial charge in [0.05, 0.1) is 11.3 Å². The van der Waals surface area contributed by atoms with Crippen LogP contribution in [-0.4, -0.2) is 41.8 Å². The van der Waals surface area contributed by atoms with E-state index in [1.807, 2.05) is 35.7 Å². The molecule has 2 heterocycles. The van der Waals surface area contributed by atoms with E-state index in [-0.39, 0.29) is 36.9 Å². The molecule has 0 unspecified atom stereocenters. The number of hydrogen-bond donors (Lipinski definition) is 1. The molecule has 1 fully saturated rings. The van der Waals surface area contributed by atoms with E-state index in [0.29, 0.717) is 24.4 Å². The van der Waals surface area contributed by atoms with Gasteiger partial charge in [0.15, 0.2) is 5.78 Å².